The molecule has 0 aromatic rings. The van der Waals surface area contributed by atoms with E-state index in [0.717, 1.165) is 0 Å². The van der Waals surface area contributed by atoms with Gasteiger partial charge >= 0.3 is 0 Å². The van der Waals surface area contributed by atoms with Gasteiger partial charge < -0.3 is 4.90 Å². The van der Waals surface area contributed by atoms with E-state index < -0.39 is 0 Å². The van der Waals surface area contributed by atoms with E-state index in [4.69, 9.17) is 0 Å². The van der Waals surface area contributed by atoms with Gasteiger partial charge in [-0.15, -0.1) is 0 Å². The van der Waals surface area contributed by atoms with Crippen molar-refractivity contribution in [3.05, 3.63) is 0 Å². The fourth-order valence-corrected chi connectivity index (χ4v) is 0.495. The third-order valence-corrected chi connectivity index (χ3v) is 1.54. The van der Waals surface area contributed by atoms with Gasteiger partial charge in [-0.3, -0.25) is 4.79 Å². The van der Waals surface area contributed by atoms with Gasteiger partial charge in [-0.05, 0) is 33.6 Å². The Bertz CT molecular complexity index is 202. The molecule has 0 bridgehead atoms. The van der Waals surface area contributed by atoms with Crippen molar-refractivity contribution in [1.82, 2.24) is 4.90 Å². The number of nitrogens with zero attached hydrogens (tertiary/aromatic N) is 1. The van der Waals surface area contributed by atoms with Crippen LogP contribution in [0.5, 0.6) is 0 Å². The van der Waals surface area contributed by atoms with Crippen LogP contribution in [0.3, 0.4) is 0 Å². The van der Waals surface area contributed by atoms with Crippen LogP contribution in [0.15, 0.2) is 0 Å². The topological polar surface area (TPSA) is 20.3 Å². The number of rotatable bonds is 0. The third kappa shape index (κ3) is 3.08. The number of hydrogen-bond acceptors (Lipinski definition) is 1. The zero-order valence-electron chi connectivity index (χ0n) is 7.86. The maximum absolute atomic E-state index is 11.1. The average molecular weight is 153 g/mol. The van der Waals surface area contributed by atoms with Crippen LogP contribution in [0, 0.1) is 11.8 Å². The molecule has 0 N–H and O–H groups in total. The van der Waals surface area contributed by atoms with Crippen molar-refractivity contribution < 1.29 is 4.79 Å². The first-order chi connectivity index (χ1) is 4.89. The van der Waals surface area contributed by atoms with E-state index in [2.05, 4.69) is 11.8 Å². The highest BCUT2D eigenvalue weighted by Gasteiger charge is 2.20. The molecule has 62 valence electrons. The summed E-state index contributed by atoms with van der Waals surface area (Å²) < 4.78 is 0. The second kappa shape index (κ2) is 3.43. The van der Waals surface area contributed by atoms with E-state index in [0.29, 0.717) is 0 Å². The maximum Gasteiger partial charge on any atom is 0.298 e. The van der Waals surface area contributed by atoms with Crippen molar-refractivity contribution in [2.24, 2.45) is 0 Å². The molecule has 2 heteroatoms. The predicted octanol–water partition coefficient (Wildman–Crippen LogP) is 1.27. The Morgan fingerprint density at radius 3 is 2.09 bits per heavy atom. The first-order valence-electron chi connectivity index (χ1n) is 3.60. The van der Waals surface area contributed by atoms with Gasteiger partial charge in [0.2, 0.25) is 0 Å². The summed E-state index contributed by atoms with van der Waals surface area (Å²) in [6.07, 6.45) is 0. The minimum atomic E-state index is -0.138. The summed E-state index contributed by atoms with van der Waals surface area (Å²) in [4.78, 5) is 12.8. The second-order valence-electron chi connectivity index (χ2n) is 3.41. The Morgan fingerprint density at radius 2 is 1.82 bits per heavy atom. The van der Waals surface area contributed by atoms with Crippen LogP contribution in [0.4, 0.5) is 0 Å². The predicted molar refractivity (Wildman–Crippen MR) is 46.0 cm³/mol. The van der Waals surface area contributed by atoms with Crippen LogP contribution in [0.2, 0.25) is 0 Å². The van der Waals surface area contributed by atoms with Crippen molar-refractivity contribution in [3.63, 3.8) is 0 Å². The number of amides is 1. The highest BCUT2D eigenvalue weighted by Crippen LogP contribution is 2.09. The second-order valence-corrected chi connectivity index (χ2v) is 3.41. The summed E-state index contributed by atoms with van der Waals surface area (Å²) in [6.45, 7) is 7.58. The van der Waals surface area contributed by atoms with E-state index in [-0.39, 0.29) is 11.4 Å². The normalized spacial score (nSPS) is 9.91. The zero-order chi connectivity index (χ0) is 9.07. The minimum absolute atomic E-state index is 0.125. The van der Waals surface area contributed by atoms with Crippen molar-refractivity contribution in [1.29, 1.82) is 0 Å². The molecule has 0 fully saturated rings. The van der Waals surface area contributed by atoms with E-state index >= 15 is 0 Å². The largest absolute Gasteiger partial charge is 0.330 e. The Kier molecular flexibility index (Phi) is 3.13. The van der Waals surface area contributed by atoms with Gasteiger partial charge in [-0.25, -0.2) is 0 Å². The Morgan fingerprint density at radius 1 is 1.36 bits per heavy atom. The molecule has 0 unspecified atom stereocenters. The summed E-state index contributed by atoms with van der Waals surface area (Å²) in [5, 5.41) is 0. The fraction of sp³-hybridized carbons (Fsp3) is 0.667. The van der Waals surface area contributed by atoms with Crippen molar-refractivity contribution in [2.45, 2.75) is 33.2 Å². The van der Waals surface area contributed by atoms with Crippen molar-refractivity contribution in [3.8, 4) is 11.8 Å². The lowest BCUT2D eigenvalue weighted by atomic mass is 10.1. The number of carbonyl (C=O) groups is 1. The Balaban J connectivity index is 4.34. The van der Waals surface area contributed by atoms with Gasteiger partial charge in [0.15, 0.2) is 0 Å². The van der Waals surface area contributed by atoms with Gasteiger partial charge in [-0.1, -0.05) is 5.92 Å². The summed E-state index contributed by atoms with van der Waals surface area (Å²) in [5.41, 5.74) is -0.138. The monoisotopic (exact) mass is 153 g/mol. The van der Waals surface area contributed by atoms with Gasteiger partial charge in [-0.2, -0.15) is 0 Å². The molecule has 0 aliphatic rings. The van der Waals surface area contributed by atoms with Crippen LogP contribution in [0.1, 0.15) is 27.7 Å². The van der Waals surface area contributed by atoms with Gasteiger partial charge in [0.25, 0.3) is 5.91 Å². The molecular formula is C9H15NO. The smallest absolute Gasteiger partial charge is 0.298 e. The van der Waals surface area contributed by atoms with Crippen LogP contribution in [-0.2, 0) is 4.79 Å². The first kappa shape index (κ1) is 10.0. The molecule has 11 heavy (non-hydrogen) atoms. The van der Waals surface area contributed by atoms with Gasteiger partial charge in [0.1, 0.15) is 0 Å². The summed E-state index contributed by atoms with van der Waals surface area (Å²) in [5.74, 6) is 4.94. The molecule has 0 heterocycles. The van der Waals surface area contributed by atoms with E-state index in [1.165, 1.54) is 0 Å². The van der Waals surface area contributed by atoms with E-state index in [1.54, 1.807) is 18.9 Å². The van der Waals surface area contributed by atoms with Gasteiger partial charge in [0, 0.05) is 12.6 Å². The van der Waals surface area contributed by atoms with Crippen molar-refractivity contribution in [2.75, 3.05) is 7.05 Å². The molecular weight excluding hydrogens is 138 g/mol. The van der Waals surface area contributed by atoms with Crippen LogP contribution >= 0.6 is 0 Å². The minimum Gasteiger partial charge on any atom is -0.330 e. The fourth-order valence-electron chi connectivity index (χ4n) is 0.495. The van der Waals surface area contributed by atoms with Crippen LogP contribution in [0.25, 0.3) is 0 Å². The summed E-state index contributed by atoms with van der Waals surface area (Å²) in [6, 6.07) is 0. The first-order valence-corrected chi connectivity index (χ1v) is 3.60. The highest BCUT2D eigenvalue weighted by atomic mass is 16.2. The molecule has 0 aliphatic heterocycles. The molecule has 0 radical (unpaired) electrons. The number of hydrogen-bond donors (Lipinski definition) is 0. The van der Waals surface area contributed by atoms with Crippen LogP contribution in [-0.4, -0.2) is 23.4 Å². The molecule has 2 nitrogen and oxygen atoms in total. The molecule has 0 aromatic carbocycles. The maximum atomic E-state index is 11.1. The zero-order valence-corrected chi connectivity index (χ0v) is 7.86. The lowest BCUT2D eigenvalue weighted by Gasteiger charge is -2.30. The molecule has 0 saturated heterocycles. The highest BCUT2D eigenvalue weighted by molar-refractivity contribution is 5.93. The SMILES string of the molecule is CC#CC(=O)N(C)C(C)(C)C. The molecule has 0 aromatic heterocycles. The standard InChI is InChI=1S/C9H15NO/c1-6-7-8(11)10(5)9(2,3)4/h1-5H3. The molecule has 1 amide bonds. The molecule has 0 aliphatic carbocycles. The molecule has 0 atom stereocenters. The van der Waals surface area contributed by atoms with E-state index in [9.17, 15) is 4.79 Å². The van der Waals surface area contributed by atoms with Crippen LogP contribution < -0.4 is 0 Å². The summed E-state index contributed by atoms with van der Waals surface area (Å²) in [7, 11) is 1.76. The Hall–Kier alpha value is -0.970. The quantitative estimate of drug-likeness (QED) is 0.480. The third-order valence-electron chi connectivity index (χ3n) is 1.54. The molecule has 0 rings (SSSR count). The van der Waals surface area contributed by atoms with Crippen molar-refractivity contribution >= 4 is 5.91 Å². The number of carbonyl (C=O) groups excluding carboxylic acids is 1. The average Bonchev–Trinajstić information content (AvgIpc) is 1.85. The van der Waals surface area contributed by atoms with E-state index in [1.807, 2.05) is 20.8 Å². The molecule has 0 spiro atoms. The lowest BCUT2D eigenvalue weighted by molar-refractivity contribution is -0.127. The van der Waals surface area contributed by atoms with Gasteiger partial charge in [0.05, 0.1) is 0 Å². The molecule has 0 saturated carbocycles. The lowest BCUT2D eigenvalue weighted by Crippen LogP contribution is -2.41. The summed E-state index contributed by atoms with van der Waals surface area (Å²) >= 11 is 0. The Labute approximate surface area is 68.6 Å².